The van der Waals surface area contributed by atoms with Crippen LogP contribution in [0.3, 0.4) is 0 Å². The van der Waals surface area contributed by atoms with Gasteiger partial charge in [-0.2, -0.15) is 0 Å². The molecule has 0 bridgehead atoms. The molecule has 9 heavy (non-hydrogen) atoms. The summed E-state index contributed by atoms with van der Waals surface area (Å²) in [7, 11) is 0. The van der Waals surface area contributed by atoms with E-state index in [9.17, 15) is 0 Å². The zero-order valence-corrected chi connectivity index (χ0v) is 5.97. The van der Waals surface area contributed by atoms with Crippen LogP contribution in [0, 0.1) is 5.92 Å². The molecule has 0 aromatic rings. The molecule has 0 saturated carbocycles. The maximum absolute atomic E-state index is 5.76. The third kappa shape index (κ3) is 1.66. The molecule has 54 valence electrons. The van der Waals surface area contributed by atoms with Crippen LogP contribution in [0.2, 0.25) is 0 Å². The van der Waals surface area contributed by atoms with Crippen molar-refractivity contribution >= 4 is 0 Å². The topological polar surface area (TPSA) is 35.2 Å². The van der Waals surface area contributed by atoms with E-state index in [0.29, 0.717) is 12.0 Å². The third-order valence-electron chi connectivity index (χ3n) is 2.07. The fourth-order valence-electron chi connectivity index (χ4n) is 1.31. The minimum atomic E-state index is 0.295. The Kier molecular flexibility index (Phi) is 2.49. The quantitative estimate of drug-likeness (QED) is 0.567. The molecule has 0 aromatic carbocycles. The molecular formula is C7H15NO. The van der Waals surface area contributed by atoms with E-state index in [4.69, 9.17) is 10.5 Å². The molecule has 1 rings (SSSR count). The predicted molar refractivity (Wildman–Crippen MR) is 37.2 cm³/mol. The Hall–Kier alpha value is -0.0800. The van der Waals surface area contributed by atoms with Gasteiger partial charge in [0.15, 0.2) is 0 Å². The molecule has 1 aliphatic heterocycles. The molecule has 2 N–H and O–H groups in total. The summed E-state index contributed by atoms with van der Waals surface area (Å²) in [5.41, 5.74) is 5.76. The Bertz CT molecular complexity index is 85.0. The highest BCUT2D eigenvalue weighted by atomic mass is 16.5. The van der Waals surface area contributed by atoms with Crippen LogP contribution >= 0.6 is 0 Å². The average Bonchev–Trinajstić information content (AvgIpc) is 1.89. The van der Waals surface area contributed by atoms with E-state index < -0.39 is 0 Å². The van der Waals surface area contributed by atoms with E-state index in [-0.39, 0.29) is 0 Å². The van der Waals surface area contributed by atoms with Crippen LogP contribution in [-0.4, -0.2) is 19.3 Å². The fourth-order valence-corrected chi connectivity index (χ4v) is 1.31. The predicted octanol–water partition coefficient (Wildman–Crippen LogP) is 0.760. The second-order valence-corrected chi connectivity index (χ2v) is 2.70. The third-order valence-corrected chi connectivity index (χ3v) is 2.07. The van der Waals surface area contributed by atoms with Gasteiger partial charge in [0.1, 0.15) is 0 Å². The molecule has 1 saturated heterocycles. The van der Waals surface area contributed by atoms with Crippen molar-refractivity contribution in [3.63, 3.8) is 0 Å². The fraction of sp³-hybridized carbons (Fsp3) is 1.00. The lowest BCUT2D eigenvalue weighted by Gasteiger charge is -2.27. The maximum Gasteiger partial charge on any atom is 0.0620 e. The number of ether oxygens (including phenoxy) is 1. The van der Waals surface area contributed by atoms with Gasteiger partial charge in [0.05, 0.1) is 6.61 Å². The first-order chi connectivity index (χ1) is 4.34. The van der Waals surface area contributed by atoms with Gasteiger partial charge in [-0.1, -0.05) is 13.3 Å². The van der Waals surface area contributed by atoms with E-state index in [1.807, 2.05) is 0 Å². The Balaban J connectivity index is 2.30. The first kappa shape index (κ1) is 7.03. The Morgan fingerprint density at radius 3 is 2.89 bits per heavy atom. The average molecular weight is 129 g/mol. The van der Waals surface area contributed by atoms with Crippen molar-refractivity contribution in [1.29, 1.82) is 0 Å². The molecule has 0 spiro atoms. The molecule has 1 fully saturated rings. The van der Waals surface area contributed by atoms with Gasteiger partial charge in [-0.05, 0) is 12.3 Å². The van der Waals surface area contributed by atoms with Crippen LogP contribution in [0.1, 0.15) is 19.8 Å². The van der Waals surface area contributed by atoms with Crippen LogP contribution < -0.4 is 5.73 Å². The highest BCUT2D eigenvalue weighted by Crippen LogP contribution is 2.16. The van der Waals surface area contributed by atoms with Gasteiger partial charge >= 0.3 is 0 Å². The Morgan fingerprint density at radius 1 is 1.67 bits per heavy atom. The second-order valence-electron chi connectivity index (χ2n) is 2.70. The van der Waals surface area contributed by atoms with Crippen LogP contribution in [0.5, 0.6) is 0 Å². The van der Waals surface area contributed by atoms with Gasteiger partial charge in [0.25, 0.3) is 0 Å². The van der Waals surface area contributed by atoms with Crippen LogP contribution in [0.4, 0.5) is 0 Å². The lowest BCUT2D eigenvalue weighted by molar-refractivity contribution is 0.0480. The summed E-state index contributed by atoms with van der Waals surface area (Å²) < 4.78 is 5.19. The molecule has 2 unspecified atom stereocenters. The highest BCUT2D eigenvalue weighted by Gasteiger charge is 2.19. The summed E-state index contributed by atoms with van der Waals surface area (Å²) in [5.74, 6) is 0.707. The second kappa shape index (κ2) is 3.18. The maximum atomic E-state index is 5.76. The lowest BCUT2D eigenvalue weighted by atomic mass is 9.93. The standard InChI is InChI=1S/C7H15NO/c1-2-6-3-4-9-5-7(6)8/h6-7H,2-5,8H2,1H3. The van der Waals surface area contributed by atoms with Gasteiger partial charge in [0, 0.05) is 12.6 Å². The first-order valence-electron chi connectivity index (χ1n) is 3.68. The van der Waals surface area contributed by atoms with E-state index >= 15 is 0 Å². The van der Waals surface area contributed by atoms with E-state index in [1.165, 1.54) is 6.42 Å². The molecule has 1 aliphatic rings. The molecule has 0 radical (unpaired) electrons. The zero-order valence-electron chi connectivity index (χ0n) is 5.97. The van der Waals surface area contributed by atoms with Crippen LogP contribution in [-0.2, 0) is 4.74 Å². The van der Waals surface area contributed by atoms with Gasteiger partial charge in [0.2, 0.25) is 0 Å². The highest BCUT2D eigenvalue weighted by molar-refractivity contribution is 4.74. The van der Waals surface area contributed by atoms with E-state index in [0.717, 1.165) is 19.6 Å². The monoisotopic (exact) mass is 129 g/mol. The summed E-state index contributed by atoms with van der Waals surface area (Å²) in [6.45, 7) is 3.86. The lowest BCUT2D eigenvalue weighted by Crippen LogP contribution is -2.39. The molecule has 0 amide bonds. The zero-order chi connectivity index (χ0) is 6.69. The van der Waals surface area contributed by atoms with Crippen LogP contribution in [0.25, 0.3) is 0 Å². The molecule has 2 heteroatoms. The Morgan fingerprint density at radius 2 is 2.44 bits per heavy atom. The Labute approximate surface area is 56.4 Å². The molecular weight excluding hydrogens is 114 g/mol. The van der Waals surface area contributed by atoms with Crippen molar-refractivity contribution < 1.29 is 4.74 Å². The van der Waals surface area contributed by atoms with Gasteiger partial charge in [-0.25, -0.2) is 0 Å². The molecule has 0 aliphatic carbocycles. The summed E-state index contributed by atoms with van der Waals surface area (Å²) in [4.78, 5) is 0. The minimum absolute atomic E-state index is 0.295. The largest absolute Gasteiger partial charge is 0.380 e. The van der Waals surface area contributed by atoms with Gasteiger partial charge in [-0.15, -0.1) is 0 Å². The molecule has 2 nitrogen and oxygen atoms in total. The minimum Gasteiger partial charge on any atom is -0.380 e. The normalized spacial score (nSPS) is 36.7. The molecule has 0 aromatic heterocycles. The number of nitrogens with two attached hydrogens (primary N) is 1. The summed E-state index contributed by atoms with van der Waals surface area (Å²) >= 11 is 0. The van der Waals surface area contributed by atoms with Crippen LogP contribution in [0.15, 0.2) is 0 Å². The van der Waals surface area contributed by atoms with Gasteiger partial charge < -0.3 is 10.5 Å². The summed E-state index contributed by atoms with van der Waals surface area (Å²) in [6.07, 6.45) is 2.35. The SMILES string of the molecule is CCC1CCOCC1N. The number of hydrogen-bond donors (Lipinski definition) is 1. The van der Waals surface area contributed by atoms with Crippen molar-refractivity contribution in [3.8, 4) is 0 Å². The van der Waals surface area contributed by atoms with E-state index in [2.05, 4.69) is 6.92 Å². The van der Waals surface area contributed by atoms with E-state index in [1.54, 1.807) is 0 Å². The van der Waals surface area contributed by atoms with Crippen molar-refractivity contribution in [2.24, 2.45) is 11.7 Å². The van der Waals surface area contributed by atoms with Crippen molar-refractivity contribution in [3.05, 3.63) is 0 Å². The smallest absolute Gasteiger partial charge is 0.0620 e. The summed E-state index contributed by atoms with van der Waals surface area (Å²) in [5, 5.41) is 0. The summed E-state index contributed by atoms with van der Waals surface area (Å²) in [6, 6.07) is 0.295. The molecule has 1 heterocycles. The van der Waals surface area contributed by atoms with Crippen molar-refractivity contribution in [2.45, 2.75) is 25.8 Å². The van der Waals surface area contributed by atoms with Crippen molar-refractivity contribution in [2.75, 3.05) is 13.2 Å². The number of rotatable bonds is 1. The van der Waals surface area contributed by atoms with Crippen molar-refractivity contribution in [1.82, 2.24) is 0 Å². The number of hydrogen-bond acceptors (Lipinski definition) is 2. The molecule has 2 atom stereocenters. The van der Waals surface area contributed by atoms with Gasteiger partial charge in [-0.3, -0.25) is 0 Å². The first-order valence-corrected chi connectivity index (χ1v) is 3.68.